The van der Waals surface area contributed by atoms with Crippen molar-refractivity contribution in [3.8, 4) is 0 Å². The molecule has 74 valence electrons. The van der Waals surface area contributed by atoms with Gasteiger partial charge in [0.1, 0.15) is 0 Å². The molecule has 4 nitrogen and oxygen atoms in total. The molecule has 2 rings (SSSR count). The number of aliphatic hydroxyl groups is 1. The monoisotopic (exact) mass is 192 g/mol. The summed E-state index contributed by atoms with van der Waals surface area (Å²) in [5, 5.41) is 9.60. The molecule has 2 aromatic rings. The van der Waals surface area contributed by atoms with E-state index in [1.54, 1.807) is 10.6 Å². The van der Waals surface area contributed by atoms with Crippen LogP contribution in [0.4, 0.5) is 0 Å². The highest BCUT2D eigenvalue weighted by Gasteiger charge is 2.12. The van der Waals surface area contributed by atoms with Gasteiger partial charge in [0.2, 0.25) is 6.29 Å². The molecule has 0 radical (unpaired) electrons. The molecular weight excluding hydrogens is 180 g/mol. The predicted octanol–water partition coefficient (Wildman–Crippen LogP) is 1.36. The first-order valence-corrected chi connectivity index (χ1v) is 4.54. The maximum atomic E-state index is 9.60. The van der Waals surface area contributed by atoms with Crippen LogP contribution in [0.15, 0.2) is 30.6 Å². The van der Waals surface area contributed by atoms with Gasteiger partial charge in [-0.1, -0.05) is 6.07 Å². The van der Waals surface area contributed by atoms with Gasteiger partial charge in [0.15, 0.2) is 5.82 Å². The summed E-state index contributed by atoms with van der Waals surface area (Å²) in [6.45, 7) is 2.29. The van der Waals surface area contributed by atoms with E-state index in [1.807, 2.05) is 31.3 Å². The Kier molecular flexibility index (Phi) is 2.47. The van der Waals surface area contributed by atoms with Crippen molar-refractivity contribution in [2.45, 2.75) is 13.2 Å². The SMILES string of the molecule is CCO[C@H](O)c1ncc2ccccn12. The summed E-state index contributed by atoms with van der Waals surface area (Å²) in [6, 6.07) is 5.74. The second-order valence-electron chi connectivity index (χ2n) is 2.92. The van der Waals surface area contributed by atoms with Crippen LogP contribution in [0, 0.1) is 0 Å². The van der Waals surface area contributed by atoms with Crippen molar-refractivity contribution in [3.63, 3.8) is 0 Å². The first kappa shape index (κ1) is 9.18. The minimum Gasteiger partial charge on any atom is -0.362 e. The van der Waals surface area contributed by atoms with Crippen LogP contribution in [0.2, 0.25) is 0 Å². The zero-order chi connectivity index (χ0) is 9.97. The molecule has 0 aliphatic carbocycles. The second-order valence-corrected chi connectivity index (χ2v) is 2.92. The van der Waals surface area contributed by atoms with Crippen LogP contribution in [-0.4, -0.2) is 21.1 Å². The Bertz CT molecular complexity index is 425. The van der Waals surface area contributed by atoms with Crippen LogP contribution in [0.5, 0.6) is 0 Å². The molecule has 4 heteroatoms. The maximum Gasteiger partial charge on any atom is 0.215 e. The Morgan fingerprint density at radius 2 is 2.43 bits per heavy atom. The van der Waals surface area contributed by atoms with Gasteiger partial charge in [-0.25, -0.2) is 4.98 Å². The van der Waals surface area contributed by atoms with E-state index in [1.165, 1.54) is 0 Å². The summed E-state index contributed by atoms with van der Waals surface area (Å²) in [5.41, 5.74) is 0.946. The van der Waals surface area contributed by atoms with Gasteiger partial charge in [-0.2, -0.15) is 0 Å². The summed E-state index contributed by atoms with van der Waals surface area (Å²) in [6.07, 6.45) is 2.60. The number of pyridine rings is 1. The van der Waals surface area contributed by atoms with E-state index >= 15 is 0 Å². The number of aliphatic hydroxyl groups excluding tert-OH is 1. The lowest BCUT2D eigenvalue weighted by Gasteiger charge is -2.08. The highest BCUT2D eigenvalue weighted by atomic mass is 16.6. The third-order valence-electron chi connectivity index (χ3n) is 2.01. The Morgan fingerprint density at radius 1 is 1.57 bits per heavy atom. The fourth-order valence-corrected chi connectivity index (χ4v) is 1.38. The summed E-state index contributed by atoms with van der Waals surface area (Å²) in [4.78, 5) is 4.10. The van der Waals surface area contributed by atoms with Gasteiger partial charge < -0.3 is 9.84 Å². The van der Waals surface area contributed by atoms with Crippen LogP contribution < -0.4 is 0 Å². The molecule has 0 saturated carbocycles. The number of aromatic nitrogens is 2. The van der Waals surface area contributed by atoms with Crippen LogP contribution >= 0.6 is 0 Å². The van der Waals surface area contributed by atoms with E-state index in [0.29, 0.717) is 12.4 Å². The standard InChI is InChI=1S/C10H12N2O2/c1-2-14-10(13)9-11-7-8-5-3-4-6-12(8)9/h3-7,10,13H,2H2,1H3/t10-/m0/s1. The first-order valence-electron chi connectivity index (χ1n) is 4.54. The highest BCUT2D eigenvalue weighted by Crippen LogP contribution is 2.14. The highest BCUT2D eigenvalue weighted by molar-refractivity contribution is 5.45. The van der Waals surface area contributed by atoms with E-state index in [0.717, 1.165) is 5.52 Å². The molecule has 0 aliphatic heterocycles. The largest absolute Gasteiger partial charge is 0.362 e. The molecule has 2 aromatic heterocycles. The molecule has 1 N–H and O–H groups in total. The molecule has 0 saturated heterocycles. The summed E-state index contributed by atoms with van der Waals surface area (Å²) in [7, 11) is 0. The number of hydrogen-bond acceptors (Lipinski definition) is 3. The normalized spacial score (nSPS) is 13.3. The topological polar surface area (TPSA) is 46.8 Å². The van der Waals surface area contributed by atoms with Gasteiger partial charge in [0.05, 0.1) is 11.7 Å². The number of nitrogens with zero attached hydrogens (tertiary/aromatic N) is 2. The fourth-order valence-electron chi connectivity index (χ4n) is 1.38. The van der Waals surface area contributed by atoms with Crippen LogP contribution in [0.3, 0.4) is 0 Å². The Hall–Kier alpha value is -1.39. The number of rotatable bonds is 3. The van der Waals surface area contributed by atoms with Crippen molar-refractivity contribution in [2.24, 2.45) is 0 Å². The zero-order valence-corrected chi connectivity index (χ0v) is 7.92. The third-order valence-corrected chi connectivity index (χ3v) is 2.01. The zero-order valence-electron chi connectivity index (χ0n) is 7.92. The lowest BCUT2D eigenvalue weighted by atomic mass is 10.4. The van der Waals surface area contributed by atoms with Crippen molar-refractivity contribution in [1.82, 2.24) is 9.38 Å². The van der Waals surface area contributed by atoms with Gasteiger partial charge in [-0.3, -0.25) is 4.40 Å². The summed E-state index contributed by atoms with van der Waals surface area (Å²) >= 11 is 0. The smallest absolute Gasteiger partial charge is 0.215 e. The number of ether oxygens (including phenoxy) is 1. The van der Waals surface area contributed by atoms with E-state index in [2.05, 4.69) is 4.98 Å². The molecule has 2 heterocycles. The van der Waals surface area contributed by atoms with Crippen molar-refractivity contribution in [2.75, 3.05) is 6.61 Å². The van der Waals surface area contributed by atoms with E-state index in [9.17, 15) is 5.11 Å². The van der Waals surface area contributed by atoms with Crippen LogP contribution in [-0.2, 0) is 4.74 Å². The minimum absolute atomic E-state index is 0.461. The van der Waals surface area contributed by atoms with Gasteiger partial charge >= 0.3 is 0 Å². The molecule has 0 bridgehead atoms. The van der Waals surface area contributed by atoms with Crippen molar-refractivity contribution in [1.29, 1.82) is 0 Å². The number of hydrogen-bond donors (Lipinski definition) is 1. The molecule has 0 unspecified atom stereocenters. The second kappa shape index (κ2) is 3.77. The van der Waals surface area contributed by atoms with Crippen molar-refractivity contribution < 1.29 is 9.84 Å². The van der Waals surface area contributed by atoms with E-state index in [4.69, 9.17) is 4.74 Å². The molecule has 1 atom stereocenters. The number of fused-ring (bicyclic) bond motifs is 1. The first-order chi connectivity index (χ1) is 6.83. The molecule has 0 aromatic carbocycles. The van der Waals surface area contributed by atoms with Gasteiger partial charge in [-0.05, 0) is 19.1 Å². The van der Waals surface area contributed by atoms with E-state index in [-0.39, 0.29) is 0 Å². The molecular formula is C10H12N2O2. The van der Waals surface area contributed by atoms with Crippen LogP contribution in [0.1, 0.15) is 19.0 Å². The Morgan fingerprint density at radius 3 is 3.21 bits per heavy atom. The van der Waals surface area contributed by atoms with Gasteiger partial charge in [-0.15, -0.1) is 0 Å². The predicted molar refractivity (Wildman–Crippen MR) is 51.8 cm³/mol. The average Bonchev–Trinajstić information content (AvgIpc) is 2.61. The van der Waals surface area contributed by atoms with Gasteiger partial charge in [0, 0.05) is 12.8 Å². The summed E-state index contributed by atoms with van der Waals surface area (Å²) in [5.74, 6) is 0.516. The fraction of sp³-hybridized carbons (Fsp3) is 0.300. The Balaban J connectivity index is 2.42. The average molecular weight is 192 g/mol. The van der Waals surface area contributed by atoms with Crippen LogP contribution in [0.25, 0.3) is 5.52 Å². The van der Waals surface area contributed by atoms with Crippen molar-refractivity contribution >= 4 is 5.52 Å². The molecule has 0 fully saturated rings. The lowest BCUT2D eigenvalue weighted by molar-refractivity contribution is -0.104. The minimum atomic E-state index is -0.954. The molecule has 0 spiro atoms. The summed E-state index contributed by atoms with van der Waals surface area (Å²) < 4.78 is 6.87. The Labute approximate surface area is 81.8 Å². The van der Waals surface area contributed by atoms with E-state index < -0.39 is 6.29 Å². The molecule has 0 amide bonds. The maximum absolute atomic E-state index is 9.60. The lowest BCUT2D eigenvalue weighted by Crippen LogP contribution is -2.07. The third kappa shape index (κ3) is 1.49. The number of imidazole rings is 1. The quantitative estimate of drug-likeness (QED) is 0.747. The van der Waals surface area contributed by atoms with Crippen molar-refractivity contribution in [3.05, 3.63) is 36.4 Å². The molecule has 0 aliphatic rings. The molecule has 14 heavy (non-hydrogen) atoms. The van der Waals surface area contributed by atoms with Gasteiger partial charge in [0.25, 0.3) is 0 Å².